The Morgan fingerprint density at radius 2 is 1.92 bits per heavy atom. The van der Waals surface area contributed by atoms with Crippen LogP contribution < -0.4 is 24.3 Å². The predicted molar refractivity (Wildman–Crippen MR) is 144 cm³/mol. The van der Waals surface area contributed by atoms with Crippen LogP contribution in [-0.4, -0.2) is 66.8 Å². The summed E-state index contributed by atoms with van der Waals surface area (Å²) in [6.45, 7) is 12.3. The van der Waals surface area contributed by atoms with Gasteiger partial charge < -0.3 is 29.4 Å². The fourth-order valence-corrected chi connectivity index (χ4v) is 5.19. The van der Waals surface area contributed by atoms with Gasteiger partial charge in [-0.1, -0.05) is 6.58 Å². The summed E-state index contributed by atoms with van der Waals surface area (Å²) < 4.78 is 23.2. The van der Waals surface area contributed by atoms with Crippen molar-refractivity contribution < 1.29 is 28.8 Å². The third-order valence-corrected chi connectivity index (χ3v) is 7.22. The fraction of sp³-hybridized carbons (Fsp3) is 0.448. The van der Waals surface area contributed by atoms with Crippen LogP contribution in [0.1, 0.15) is 50.3 Å². The standard InChI is InChI=1S/C29H35N3O6/c1-15(2)21-11-18-20(38-21)9-8-16(28(18)34)27-26-17-10-23(35-6)24(36-7)12-22(17)37-14-19(26)32(31-27)25(33)13-30-29(3,4)5/h8-10,12,19,21,26,30,34H,1,11,13-14H2,2-7H3/t19?,21-,26?/m1/s1. The third-order valence-electron chi connectivity index (χ3n) is 7.22. The van der Waals surface area contributed by atoms with Gasteiger partial charge in [-0.3, -0.25) is 4.79 Å². The zero-order valence-corrected chi connectivity index (χ0v) is 22.8. The van der Waals surface area contributed by atoms with Crippen molar-refractivity contribution >= 4 is 11.6 Å². The van der Waals surface area contributed by atoms with Crippen LogP contribution in [-0.2, 0) is 11.2 Å². The number of nitrogens with zero attached hydrogens (tertiary/aromatic N) is 2. The Hall–Kier alpha value is -3.72. The fourth-order valence-electron chi connectivity index (χ4n) is 5.19. The average molecular weight is 522 g/mol. The molecule has 1 amide bonds. The van der Waals surface area contributed by atoms with Gasteiger partial charge in [-0.15, -0.1) is 0 Å². The van der Waals surface area contributed by atoms with E-state index >= 15 is 0 Å². The number of aromatic hydroxyl groups is 1. The highest BCUT2D eigenvalue weighted by atomic mass is 16.5. The number of carbonyl (C=O) groups is 1. The van der Waals surface area contributed by atoms with E-state index in [2.05, 4.69) is 11.9 Å². The van der Waals surface area contributed by atoms with Crippen LogP contribution in [0.15, 0.2) is 41.5 Å². The van der Waals surface area contributed by atoms with Crippen LogP contribution in [0.3, 0.4) is 0 Å². The monoisotopic (exact) mass is 521 g/mol. The topological polar surface area (TPSA) is 102 Å². The van der Waals surface area contributed by atoms with Gasteiger partial charge in [0.05, 0.1) is 32.4 Å². The Morgan fingerprint density at radius 1 is 1.21 bits per heavy atom. The van der Waals surface area contributed by atoms with E-state index in [9.17, 15) is 9.90 Å². The minimum absolute atomic E-state index is 0.111. The third kappa shape index (κ3) is 4.45. The number of rotatable bonds is 6. The molecule has 0 saturated carbocycles. The summed E-state index contributed by atoms with van der Waals surface area (Å²) in [5.74, 6) is 1.95. The molecule has 3 aliphatic heterocycles. The number of amides is 1. The Balaban J connectivity index is 1.60. The molecule has 5 rings (SSSR count). The average Bonchev–Trinajstić information content (AvgIpc) is 3.49. The van der Waals surface area contributed by atoms with Crippen LogP contribution in [0.2, 0.25) is 0 Å². The number of carbonyl (C=O) groups excluding carboxylic acids is 1. The number of benzene rings is 2. The van der Waals surface area contributed by atoms with Crippen molar-refractivity contribution in [2.24, 2.45) is 5.10 Å². The molecule has 2 aromatic carbocycles. The van der Waals surface area contributed by atoms with Crippen molar-refractivity contribution in [2.45, 2.75) is 57.7 Å². The molecule has 0 bridgehead atoms. The Morgan fingerprint density at radius 3 is 2.58 bits per heavy atom. The van der Waals surface area contributed by atoms with Gasteiger partial charge in [0.2, 0.25) is 0 Å². The molecule has 0 radical (unpaired) electrons. The van der Waals surface area contributed by atoms with Gasteiger partial charge >= 0.3 is 0 Å². The van der Waals surface area contributed by atoms with Crippen molar-refractivity contribution in [1.82, 2.24) is 10.3 Å². The maximum absolute atomic E-state index is 13.4. The van der Waals surface area contributed by atoms with Crippen molar-refractivity contribution in [3.8, 4) is 28.7 Å². The molecule has 0 aliphatic carbocycles. The van der Waals surface area contributed by atoms with Gasteiger partial charge in [0.15, 0.2) is 11.5 Å². The van der Waals surface area contributed by atoms with Gasteiger partial charge in [0.1, 0.15) is 36.0 Å². The smallest absolute Gasteiger partial charge is 0.257 e. The number of fused-ring (bicyclic) bond motifs is 4. The van der Waals surface area contributed by atoms with Gasteiger partial charge in [0, 0.05) is 34.7 Å². The lowest BCUT2D eigenvalue weighted by molar-refractivity contribution is -0.133. The normalized spacial score (nSPS) is 21.5. The molecule has 38 heavy (non-hydrogen) atoms. The first-order valence-corrected chi connectivity index (χ1v) is 12.7. The van der Waals surface area contributed by atoms with E-state index < -0.39 is 6.04 Å². The van der Waals surface area contributed by atoms with Gasteiger partial charge in [-0.25, -0.2) is 5.01 Å². The van der Waals surface area contributed by atoms with E-state index in [1.807, 2.05) is 45.9 Å². The van der Waals surface area contributed by atoms with Crippen molar-refractivity contribution in [1.29, 1.82) is 0 Å². The number of hydrogen-bond acceptors (Lipinski definition) is 8. The Kier molecular flexibility index (Phi) is 6.51. The molecule has 0 fully saturated rings. The highest BCUT2D eigenvalue weighted by Crippen LogP contribution is 2.49. The number of nitrogens with one attached hydrogen (secondary N) is 1. The number of phenolic OH excluding ortho intramolecular Hbond substituents is 1. The number of hydrazone groups is 1. The van der Waals surface area contributed by atoms with Gasteiger partial charge in [-0.05, 0) is 51.5 Å². The molecule has 9 heteroatoms. The SMILES string of the molecule is C=C(C)[C@H]1Cc2c(ccc(C3=NN(C(=O)CNC(C)(C)C)C4COc5cc(OC)c(OC)cc5C34)c2O)O1. The first-order chi connectivity index (χ1) is 18.0. The summed E-state index contributed by atoms with van der Waals surface area (Å²) >= 11 is 0. The van der Waals surface area contributed by atoms with Gasteiger partial charge in [0.25, 0.3) is 5.91 Å². The molecule has 0 spiro atoms. The van der Waals surface area contributed by atoms with Gasteiger partial charge in [-0.2, -0.15) is 5.10 Å². The molecule has 0 aromatic heterocycles. The number of phenols is 1. The minimum Gasteiger partial charge on any atom is -0.507 e. The number of methoxy groups -OCH3 is 2. The molecule has 9 nitrogen and oxygen atoms in total. The quantitative estimate of drug-likeness (QED) is 0.558. The lowest BCUT2D eigenvalue weighted by Crippen LogP contribution is -2.48. The van der Waals surface area contributed by atoms with Crippen molar-refractivity contribution in [3.63, 3.8) is 0 Å². The zero-order chi connectivity index (χ0) is 27.4. The summed E-state index contributed by atoms with van der Waals surface area (Å²) in [5.41, 5.74) is 3.34. The summed E-state index contributed by atoms with van der Waals surface area (Å²) in [7, 11) is 3.15. The first kappa shape index (κ1) is 25.9. The lowest BCUT2D eigenvalue weighted by Gasteiger charge is -2.33. The molecule has 3 aliphatic rings. The van der Waals surface area contributed by atoms with E-state index in [4.69, 9.17) is 24.0 Å². The second kappa shape index (κ2) is 9.54. The van der Waals surface area contributed by atoms with Crippen LogP contribution in [0, 0.1) is 0 Å². The summed E-state index contributed by atoms with van der Waals surface area (Å²) in [5, 5.41) is 21.0. The number of ether oxygens (including phenoxy) is 4. The van der Waals surface area contributed by atoms with Crippen LogP contribution in [0.4, 0.5) is 0 Å². The Bertz CT molecular complexity index is 1330. The largest absolute Gasteiger partial charge is 0.507 e. The summed E-state index contributed by atoms with van der Waals surface area (Å²) in [6.07, 6.45) is 0.334. The van der Waals surface area contributed by atoms with Crippen molar-refractivity contribution in [2.75, 3.05) is 27.4 Å². The second-order valence-corrected chi connectivity index (χ2v) is 11.0. The molecule has 3 atom stereocenters. The molecule has 2 aromatic rings. The van der Waals surface area contributed by atoms with Crippen LogP contribution in [0.5, 0.6) is 28.7 Å². The lowest BCUT2D eigenvalue weighted by atomic mass is 9.82. The zero-order valence-electron chi connectivity index (χ0n) is 22.8. The molecule has 2 N–H and O–H groups in total. The molecule has 0 saturated heterocycles. The molecule has 202 valence electrons. The maximum Gasteiger partial charge on any atom is 0.257 e. The summed E-state index contributed by atoms with van der Waals surface area (Å²) in [6, 6.07) is 6.93. The van der Waals surface area contributed by atoms with Crippen molar-refractivity contribution in [3.05, 3.63) is 53.1 Å². The van der Waals surface area contributed by atoms with Crippen LogP contribution in [0.25, 0.3) is 0 Å². The Labute approximate surface area is 223 Å². The summed E-state index contributed by atoms with van der Waals surface area (Å²) in [4.78, 5) is 13.4. The minimum atomic E-state index is -0.392. The van der Waals surface area contributed by atoms with E-state index in [-0.39, 0.29) is 42.4 Å². The molecule has 3 heterocycles. The van der Waals surface area contributed by atoms with E-state index in [0.29, 0.717) is 46.3 Å². The molecular formula is C29H35N3O6. The van der Waals surface area contributed by atoms with E-state index in [1.54, 1.807) is 20.3 Å². The van der Waals surface area contributed by atoms with E-state index in [1.165, 1.54) is 5.01 Å². The van der Waals surface area contributed by atoms with Crippen LogP contribution >= 0.6 is 0 Å². The highest BCUT2D eigenvalue weighted by Gasteiger charge is 2.47. The second-order valence-electron chi connectivity index (χ2n) is 11.0. The first-order valence-electron chi connectivity index (χ1n) is 12.7. The molecular weight excluding hydrogens is 486 g/mol. The highest BCUT2D eigenvalue weighted by molar-refractivity contribution is 6.10. The maximum atomic E-state index is 13.4. The van der Waals surface area contributed by atoms with E-state index in [0.717, 1.165) is 11.1 Å². The number of hydrogen-bond donors (Lipinski definition) is 2. The predicted octanol–water partition coefficient (Wildman–Crippen LogP) is 3.77. The molecule has 2 unspecified atom stereocenters.